The van der Waals surface area contributed by atoms with Gasteiger partial charge in [0.1, 0.15) is 10.7 Å². The predicted molar refractivity (Wildman–Crippen MR) is 110 cm³/mol. The lowest BCUT2D eigenvalue weighted by molar-refractivity contribution is 0.396. The van der Waals surface area contributed by atoms with E-state index in [1.54, 1.807) is 18.3 Å². The molecule has 1 aliphatic carbocycles. The van der Waals surface area contributed by atoms with Crippen LogP contribution in [0.5, 0.6) is 0 Å². The lowest BCUT2D eigenvalue weighted by Gasteiger charge is -2.20. The molecule has 0 saturated heterocycles. The number of H-pyrrole nitrogens is 1. The second-order valence-corrected chi connectivity index (χ2v) is 11.0. The van der Waals surface area contributed by atoms with Crippen molar-refractivity contribution in [3.8, 4) is 0 Å². The summed E-state index contributed by atoms with van der Waals surface area (Å²) in [4.78, 5) is 23.1. The Morgan fingerprint density at radius 2 is 2.07 bits per heavy atom. The number of nitrogens with zero attached hydrogens (tertiary/aromatic N) is 2. The molecule has 144 valence electrons. The smallest absolute Gasteiger partial charge is 0.259 e. The van der Waals surface area contributed by atoms with Crippen molar-refractivity contribution in [1.82, 2.24) is 14.3 Å². The Bertz CT molecular complexity index is 1110. The van der Waals surface area contributed by atoms with Crippen molar-refractivity contribution in [2.24, 2.45) is 0 Å². The molecule has 0 amide bonds. The molecule has 0 bridgehead atoms. The van der Waals surface area contributed by atoms with Crippen LogP contribution in [-0.4, -0.2) is 28.4 Å². The number of fused-ring (bicyclic) bond motifs is 3. The lowest BCUT2D eigenvalue weighted by atomic mass is 9.97. The molecular formula is C18H21N3O3S3. The summed E-state index contributed by atoms with van der Waals surface area (Å²) >= 11 is 3.09. The van der Waals surface area contributed by atoms with E-state index < -0.39 is 10.0 Å². The van der Waals surface area contributed by atoms with Gasteiger partial charge in [-0.05, 0) is 49.6 Å². The number of hydrogen-bond donors (Lipinski definition) is 1. The maximum absolute atomic E-state index is 12.7. The molecule has 0 saturated carbocycles. The Kier molecular flexibility index (Phi) is 5.19. The van der Waals surface area contributed by atoms with Gasteiger partial charge < -0.3 is 4.98 Å². The van der Waals surface area contributed by atoms with Gasteiger partial charge in [0.25, 0.3) is 5.56 Å². The van der Waals surface area contributed by atoms with Gasteiger partial charge in [-0.1, -0.05) is 6.07 Å². The highest BCUT2D eigenvalue weighted by Gasteiger charge is 2.24. The van der Waals surface area contributed by atoms with Gasteiger partial charge in [-0.2, -0.15) is 4.31 Å². The summed E-state index contributed by atoms with van der Waals surface area (Å²) in [7, 11) is -3.42. The quantitative estimate of drug-likeness (QED) is 0.660. The van der Waals surface area contributed by atoms with Gasteiger partial charge in [-0.25, -0.2) is 13.4 Å². The van der Waals surface area contributed by atoms with Crippen LogP contribution in [0.2, 0.25) is 0 Å². The van der Waals surface area contributed by atoms with Crippen molar-refractivity contribution < 1.29 is 8.42 Å². The molecule has 0 aliphatic heterocycles. The summed E-state index contributed by atoms with van der Waals surface area (Å²) in [6.45, 7) is 1.99. The third-order valence-electron chi connectivity index (χ3n) is 4.87. The topological polar surface area (TPSA) is 83.1 Å². The Labute approximate surface area is 165 Å². The van der Waals surface area contributed by atoms with E-state index in [1.165, 1.54) is 20.5 Å². The van der Waals surface area contributed by atoms with Crippen LogP contribution in [0.4, 0.5) is 0 Å². The van der Waals surface area contributed by atoms with Crippen molar-refractivity contribution in [2.75, 3.05) is 5.75 Å². The Balaban J connectivity index is 1.70. The number of nitrogens with one attached hydrogen (secondary N) is 1. The van der Waals surface area contributed by atoms with E-state index >= 15 is 0 Å². The molecular weight excluding hydrogens is 402 g/mol. The van der Waals surface area contributed by atoms with Gasteiger partial charge in [-0.15, -0.1) is 22.7 Å². The zero-order valence-corrected chi connectivity index (χ0v) is 17.5. The van der Waals surface area contributed by atoms with Crippen molar-refractivity contribution in [3.05, 3.63) is 49.0 Å². The van der Waals surface area contributed by atoms with Crippen LogP contribution in [0.3, 0.4) is 0 Å². The molecule has 0 radical (unpaired) electrons. The largest absolute Gasteiger partial charge is 0.309 e. The molecule has 0 atom stereocenters. The molecule has 3 heterocycles. The zero-order chi connectivity index (χ0) is 19.0. The molecule has 9 heteroatoms. The van der Waals surface area contributed by atoms with Crippen molar-refractivity contribution in [1.29, 1.82) is 0 Å². The number of aromatic nitrogens is 2. The van der Waals surface area contributed by atoms with E-state index in [0.717, 1.165) is 41.0 Å². The molecule has 6 nitrogen and oxygen atoms in total. The first-order chi connectivity index (χ1) is 13.0. The second kappa shape index (κ2) is 7.46. The van der Waals surface area contributed by atoms with Crippen LogP contribution in [0.25, 0.3) is 10.2 Å². The fraction of sp³-hybridized carbons (Fsp3) is 0.444. The van der Waals surface area contributed by atoms with E-state index in [9.17, 15) is 13.2 Å². The Morgan fingerprint density at radius 1 is 1.26 bits per heavy atom. The average Bonchev–Trinajstić information content (AvgIpc) is 3.28. The third kappa shape index (κ3) is 3.73. The number of hydrogen-bond acceptors (Lipinski definition) is 6. The van der Waals surface area contributed by atoms with E-state index in [0.29, 0.717) is 11.2 Å². The van der Waals surface area contributed by atoms with Crippen molar-refractivity contribution >= 4 is 42.9 Å². The highest BCUT2D eigenvalue weighted by molar-refractivity contribution is 7.89. The predicted octanol–water partition coefficient (Wildman–Crippen LogP) is 3.28. The fourth-order valence-corrected chi connectivity index (χ4v) is 6.56. The monoisotopic (exact) mass is 423 g/mol. The van der Waals surface area contributed by atoms with Crippen LogP contribution in [-0.2, 0) is 36.0 Å². The molecule has 0 spiro atoms. The summed E-state index contributed by atoms with van der Waals surface area (Å²) in [6.07, 6.45) is 4.17. The average molecular weight is 424 g/mol. The number of aryl methyl sites for hydroxylation is 2. The number of sulfonamides is 1. The molecule has 1 N–H and O–H groups in total. The minimum atomic E-state index is -3.42. The van der Waals surface area contributed by atoms with E-state index in [2.05, 4.69) is 9.97 Å². The third-order valence-corrected chi connectivity index (χ3v) is 8.69. The SMILES string of the molecule is CCS(=O)(=O)N(Cc1nc2sc3c(c2c(=O)[nH]1)CCCC3)Cc1cccs1. The Morgan fingerprint density at radius 3 is 2.81 bits per heavy atom. The maximum atomic E-state index is 12.7. The molecule has 3 aromatic rings. The summed E-state index contributed by atoms with van der Waals surface area (Å²) in [5, 5.41) is 2.62. The molecule has 1 aliphatic rings. The molecule has 3 aromatic heterocycles. The molecule has 0 unspecified atom stereocenters. The molecule has 0 aromatic carbocycles. The normalized spacial score (nSPS) is 14.7. The van der Waals surface area contributed by atoms with E-state index in [-0.39, 0.29) is 24.4 Å². The van der Waals surface area contributed by atoms with Crippen LogP contribution >= 0.6 is 22.7 Å². The van der Waals surface area contributed by atoms with Gasteiger partial charge >= 0.3 is 0 Å². The number of thiophene rings is 2. The number of rotatable bonds is 6. The molecule has 27 heavy (non-hydrogen) atoms. The zero-order valence-electron chi connectivity index (χ0n) is 15.0. The summed E-state index contributed by atoms with van der Waals surface area (Å²) in [5.74, 6) is 0.415. The van der Waals surface area contributed by atoms with Crippen molar-refractivity contribution in [3.63, 3.8) is 0 Å². The van der Waals surface area contributed by atoms with Crippen LogP contribution in [0, 0.1) is 0 Å². The van der Waals surface area contributed by atoms with Crippen LogP contribution in [0.15, 0.2) is 22.3 Å². The van der Waals surface area contributed by atoms with Crippen molar-refractivity contribution in [2.45, 2.75) is 45.7 Å². The van der Waals surface area contributed by atoms with Crippen LogP contribution in [0.1, 0.15) is 40.9 Å². The minimum absolute atomic E-state index is 0.0121. The first-order valence-corrected chi connectivity index (χ1v) is 12.3. The maximum Gasteiger partial charge on any atom is 0.259 e. The van der Waals surface area contributed by atoms with Gasteiger partial charge in [0.05, 0.1) is 17.7 Å². The van der Waals surface area contributed by atoms with Crippen LogP contribution < -0.4 is 5.56 Å². The van der Waals surface area contributed by atoms with Gasteiger partial charge in [0.15, 0.2) is 0 Å². The highest BCUT2D eigenvalue weighted by atomic mass is 32.2. The summed E-state index contributed by atoms with van der Waals surface area (Å²) < 4.78 is 26.5. The number of aromatic amines is 1. The molecule has 4 rings (SSSR count). The summed E-state index contributed by atoms with van der Waals surface area (Å²) in [5.41, 5.74) is 0.984. The minimum Gasteiger partial charge on any atom is -0.309 e. The standard InChI is InChI=1S/C18H21N3O3S3/c1-2-27(23,24)21(10-12-6-5-9-25-12)11-15-19-17(22)16-13-7-3-4-8-14(13)26-18(16)20-15/h5-6,9H,2-4,7-8,10-11H2,1H3,(H,19,20,22). The van der Waals surface area contributed by atoms with E-state index in [1.807, 2.05) is 17.5 Å². The van der Waals surface area contributed by atoms with Gasteiger partial charge in [0.2, 0.25) is 10.0 Å². The van der Waals surface area contributed by atoms with Gasteiger partial charge in [-0.3, -0.25) is 4.79 Å². The summed E-state index contributed by atoms with van der Waals surface area (Å²) in [6, 6.07) is 3.81. The molecule has 0 fully saturated rings. The Hall–Kier alpha value is -1.55. The van der Waals surface area contributed by atoms with E-state index in [4.69, 9.17) is 0 Å². The fourth-order valence-electron chi connectivity index (χ4n) is 3.46. The first-order valence-electron chi connectivity index (χ1n) is 9.01. The first kappa shape index (κ1) is 18.8. The second-order valence-electron chi connectivity index (χ2n) is 6.65. The lowest BCUT2D eigenvalue weighted by Crippen LogP contribution is -2.32. The highest BCUT2D eigenvalue weighted by Crippen LogP contribution is 2.33. The van der Waals surface area contributed by atoms with Gasteiger partial charge in [0, 0.05) is 16.3 Å².